The molecule has 0 bridgehead atoms. The number of benzene rings is 2. The lowest BCUT2D eigenvalue weighted by Crippen LogP contribution is -2.25. The molecule has 44 heavy (non-hydrogen) atoms. The van der Waals surface area contributed by atoms with Crippen molar-refractivity contribution in [2.75, 3.05) is 0 Å². The first kappa shape index (κ1) is 29.4. The van der Waals surface area contributed by atoms with Gasteiger partial charge < -0.3 is 14.2 Å². The molecule has 0 amide bonds. The van der Waals surface area contributed by atoms with Crippen molar-refractivity contribution < 1.29 is 50.7 Å². The summed E-state index contributed by atoms with van der Waals surface area (Å²) in [6, 6.07) is 15.0. The quantitative estimate of drug-likeness (QED) is 0.120. The first-order valence-electron chi connectivity index (χ1n) is 13.5. The average molecular weight is 618 g/mol. The van der Waals surface area contributed by atoms with Crippen LogP contribution in [0.3, 0.4) is 0 Å². The van der Waals surface area contributed by atoms with Crippen LogP contribution >= 0.6 is 0 Å². The number of ether oxygens (including phenoxy) is 3. The summed E-state index contributed by atoms with van der Waals surface area (Å²) in [4.78, 5) is 27.2. The van der Waals surface area contributed by atoms with Crippen molar-refractivity contribution in [2.24, 2.45) is 0 Å². The molecule has 2 aromatic carbocycles. The third-order valence-corrected chi connectivity index (χ3v) is 7.29. The number of aromatic nitrogens is 3. The molecule has 2 unspecified atom stereocenters. The topological polar surface area (TPSA) is 93.9 Å². The number of carbonyl (C=O) groups excluding carboxylic acids is 1. The van der Waals surface area contributed by atoms with Crippen LogP contribution in [-0.2, 0) is 16.0 Å². The summed E-state index contributed by atoms with van der Waals surface area (Å²) in [6.45, 7) is 3.30. The lowest BCUT2D eigenvalue weighted by atomic mass is 9.84. The summed E-state index contributed by atoms with van der Waals surface area (Å²) in [5.41, 5.74) is -0.213. The predicted octanol–water partition coefficient (Wildman–Crippen LogP) is 7.47. The Morgan fingerprint density at radius 3 is 2.55 bits per heavy atom. The molecule has 2 aliphatic rings. The second-order valence-corrected chi connectivity index (χ2v) is 10.3. The highest BCUT2D eigenvalue weighted by Crippen LogP contribution is 2.47. The molecule has 9 nitrogen and oxygen atoms in total. The number of alkyl halides is 5. The van der Waals surface area contributed by atoms with E-state index in [0.717, 1.165) is 4.68 Å². The van der Waals surface area contributed by atoms with Gasteiger partial charge in [-0.3, -0.25) is 4.89 Å². The molecule has 3 heterocycles. The first-order valence-corrected chi connectivity index (χ1v) is 13.5. The molecule has 6 rings (SSSR count). The normalized spacial score (nSPS) is 19.2. The molecule has 4 aromatic rings. The summed E-state index contributed by atoms with van der Waals surface area (Å²) < 4.78 is 85.4. The minimum Gasteiger partial charge on any atom is -0.470 e. The number of nitrogens with zero attached hydrogens (tertiary/aromatic N) is 3. The molecule has 230 valence electrons. The number of rotatable bonds is 7. The van der Waals surface area contributed by atoms with Crippen molar-refractivity contribution in [1.29, 1.82) is 0 Å². The molecule has 0 saturated heterocycles. The van der Waals surface area contributed by atoms with Crippen LogP contribution < -0.4 is 14.2 Å². The minimum absolute atomic E-state index is 0.0210. The van der Waals surface area contributed by atoms with Crippen molar-refractivity contribution >= 4 is 5.97 Å². The van der Waals surface area contributed by atoms with E-state index in [1.807, 2.05) is 0 Å². The third kappa shape index (κ3) is 5.76. The molecule has 0 radical (unpaired) electrons. The van der Waals surface area contributed by atoms with Crippen LogP contribution in [0.2, 0.25) is 0 Å². The summed E-state index contributed by atoms with van der Waals surface area (Å²) in [6.07, 6.45) is -8.42. The SMILES string of the molecule is CC1CCC(OOC(=O)c2ccccc2)c2c1c(C(F)(F)F)nn2-c1ccnc(O[C@@H](C)c2ccc3c(c2)OC(F)(F)O3)c1. The van der Waals surface area contributed by atoms with Crippen molar-refractivity contribution in [3.63, 3.8) is 0 Å². The van der Waals surface area contributed by atoms with E-state index >= 15 is 0 Å². The van der Waals surface area contributed by atoms with E-state index in [4.69, 9.17) is 14.5 Å². The van der Waals surface area contributed by atoms with E-state index < -0.39 is 42.3 Å². The van der Waals surface area contributed by atoms with E-state index in [1.54, 1.807) is 32.0 Å². The summed E-state index contributed by atoms with van der Waals surface area (Å²) in [5, 5.41) is 3.94. The monoisotopic (exact) mass is 617 g/mol. The smallest absolute Gasteiger partial charge is 0.470 e. The van der Waals surface area contributed by atoms with E-state index in [0.29, 0.717) is 12.0 Å². The Labute approximate surface area is 247 Å². The molecule has 2 aromatic heterocycles. The number of hydrogen-bond donors (Lipinski definition) is 0. The molecule has 0 spiro atoms. The highest BCUT2D eigenvalue weighted by molar-refractivity contribution is 5.88. The lowest BCUT2D eigenvalue weighted by Gasteiger charge is -2.27. The van der Waals surface area contributed by atoms with Crippen molar-refractivity contribution in [3.8, 4) is 23.1 Å². The standard InChI is InChI=1S/C30H24F5N3O6/c1-16-8-10-22(43-44-28(39)18-6-4-3-5-7-18)26-25(16)27(29(31,32)33)37-38(26)20-12-13-36-24(15-20)40-17(2)19-9-11-21-23(14-19)42-30(34,35)41-21/h3-7,9,11-17,22H,8,10H2,1-2H3/t16?,17-,22?/m0/s1. The van der Waals surface area contributed by atoms with Gasteiger partial charge in [0.05, 0.1) is 16.9 Å². The molecule has 0 fully saturated rings. The van der Waals surface area contributed by atoms with Gasteiger partial charge in [-0.05, 0) is 61.6 Å². The Hall–Kier alpha value is -4.72. The van der Waals surface area contributed by atoms with E-state index in [1.165, 1.54) is 48.7 Å². The Morgan fingerprint density at radius 2 is 1.80 bits per heavy atom. The Kier molecular flexibility index (Phi) is 7.40. The molecule has 0 N–H and O–H groups in total. The average Bonchev–Trinajstić information content (AvgIpc) is 3.55. The van der Waals surface area contributed by atoms with Crippen LogP contribution in [0.4, 0.5) is 22.0 Å². The second kappa shape index (κ2) is 11.1. The van der Waals surface area contributed by atoms with E-state index in [-0.39, 0.29) is 46.3 Å². The molecular weight excluding hydrogens is 593 g/mol. The molecule has 3 atom stereocenters. The van der Waals surface area contributed by atoms with Crippen molar-refractivity contribution in [1.82, 2.24) is 14.8 Å². The van der Waals surface area contributed by atoms with Crippen molar-refractivity contribution in [2.45, 2.75) is 57.3 Å². The summed E-state index contributed by atoms with van der Waals surface area (Å²) >= 11 is 0. The van der Waals surface area contributed by atoms with Gasteiger partial charge in [-0.15, -0.1) is 8.78 Å². The fraction of sp³-hybridized carbons (Fsp3) is 0.300. The van der Waals surface area contributed by atoms with E-state index in [9.17, 15) is 26.7 Å². The van der Waals surface area contributed by atoms with Crippen LogP contribution in [0.1, 0.15) is 77.7 Å². The maximum atomic E-state index is 14.2. The van der Waals surface area contributed by atoms with Gasteiger partial charge in [0.25, 0.3) is 0 Å². The van der Waals surface area contributed by atoms with Crippen LogP contribution in [-0.4, -0.2) is 27.0 Å². The maximum Gasteiger partial charge on any atom is 0.586 e. The zero-order chi connectivity index (χ0) is 31.2. The predicted molar refractivity (Wildman–Crippen MR) is 141 cm³/mol. The van der Waals surface area contributed by atoms with Gasteiger partial charge in [0.1, 0.15) is 12.2 Å². The molecule has 0 saturated carbocycles. The summed E-state index contributed by atoms with van der Waals surface area (Å²) in [7, 11) is 0. The van der Waals surface area contributed by atoms with Gasteiger partial charge >= 0.3 is 18.4 Å². The third-order valence-electron chi connectivity index (χ3n) is 7.29. The van der Waals surface area contributed by atoms with Gasteiger partial charge in [0.2, 0.25) is 5.88 Å². The fourth-order valence-corrected chi connectivity index (χ4v) is 5.21. The molecular formula is C30H24F5N3O6. The Balaban J connectivity index is 1.30. The van der Waals surface area contributed by atoms with Crippen LogP contribution in [0.15, 0.2) is 66.9 Å². The maximum absolute atomic E-state index is 14.2. The Bertz CT molecular complexity index is 1690. The van der Waals surface area contributed by atoms with Gasteiger partial charge in [-0.1, -0.05) is 31.2 Å². The van der Waals surface area contributed by atoms with Gasteiger partial charge in [-0.2, -0.15) is 23.2 Å². The van der Waals surface area contributed by atoms with Crippen molar-refractivity contribution in [3.05, 3.63) is 94.9 Å². The largest absolute Gasteiger partial charge is 0.586 e. The van der Waals surface area contributed by atoms with E-state index in [2.05, 4.69) is 19.6 Å². The molecule has 1 aliphatic heterocycles. The zero-order valence-electron chi connectivity index (χ0n) is 23.2. The highest BCUT2D eigenvalue weighted by atomic mass is 19.4. The molecule has 1 aliphatic carbocycles. The van der Waals surface area contributed by atoms with Crippen LogP contribution in [0.25, 0.3) is 5.69 Å². The highest BCUT2D eigenvalue weighted by Gasteiger charge is 2.45. The number of halogens is 5. The first-order chi connectivity index (χ1) is 20.9. The lowest BCUT2D eigenvalue weighted by molar-refractivity contribution is -0.286. The zero-order valence-corrected chi connectivity index (χ0v) is 23.2. The summed E-state index contributed by atoms with van der Waals surface area (Å²) in [5.74, 6) is -1.59. The number of pyridine rings is 1. The van der Waals surface area contributed by atoms with Gasteiger partial charge in [-0.25, -0.2) is 14.5 Å². The minimum atomic E-state index is -4.77. The number of fused-ring (bicyclic) bond motifs is 2. The Morgan fingerprint density at radius 1 is 1.05 bits per heavy atom. The number of hydrogen-bond acceptors (Lipinski definition) is 8. The van der Waals surface area contributed by atoms with Gasteiger partial charge in [0.15, 0.2) is 17.2 Å². The van der Waals surface area contributed by atoms with Gasteiger partial charge in [0, 0.05) is 17.8 Å². The number of carbonyl (C=O) groups is 1. The second-order valence-electron chi connectivity index (χ2n) is 10.3. The molecule has 14 heteroatoms. The fourth-order valence-electron chi connectivity index (χ4n) is 5.21. The van der Waals surface area contributed by atoms with Crippen LogP contribution in [0, 0.1) is 0 Å². The van der Waals surface area contributed by atoms with Crippen LogP contribution in [0.5, 0.6) is 17.4 Å².